The molecule has 0 saturated heterocycles. The number of aliphatic carboxylic acids is 1. The molecule has 1 aliphatic rings. The molecule has 2 aromatic carbocycles. The summed E-state index contributed by atoms with van der Waals surface area (Å²) in [5.41, 5.74) is 5.90. The number of carbonyl (C=O) groups excluding carboxylic acids is 1. The van der Waals surface area contributed by atoms with Crippen LogP contribution in [0.15, 0.2) is 35.8 Å². The predicted octanol–water partition coefficient (Wildman–Crippen LogP) is 4.63. The van der Waals surface area contributed by atoms with Gasteiger partial charge in [0.25, 0.3) is 0 Å². The summed E-state index contributed by atoms with van der Waals surface area (Å²) in [6.45, 7) is 2.70. The largest absolute Gasteiger partial charge is 0.496 e. The Morgan fingerprint density at radius 2 is 2.03 bits per heavy atom. The Balaban J connectivity index is 1.58. The molecule has 7 nitrogen and oxygen atoms in total. The van der Waals surface area contributed by atoms with Crippen LogP contribution in [0.4, 0.5) is 9.18 Å². The number of nitrogens with zero attached hydrogens (tertiary/aromatic N) is 2. The third-order valence-corrected chi connectivity index (χ3v) is 6.92. The summed E-state index contributed by atoms with van der Waals surface area (Å²) in [6.07, 6.45) is 0.363. The minimum absolute atomic E-state index is 0.141. The minimum Gasteiger partial charge on any atom is -0.496 e. The molecule has 0 atom stereocenters. The van der Waals surface area contributed by atoms with Crippen molar-refractivity contribution in [1.82, 2.24) is 9.88 Å². The molecule has 34 heavy (non-hydrogen) atoms. The lowest BCUT2D eigenvalue weighted by molar-refractivity contribution is -0.136. The van der Waals surface area contributed by atoms with E-state index in [2.05, 4.69) is 4.98 Å². The molecule has 1 N–H and O–H groups in total. The number of benzene rings is 2. The van der Waals surface area contributed by atoms with Crippen LogP contribution >= 0.6 is 11.3 Å². The summed E-state index contributed by atoms with van der Waals surface area (Å²) in [5, 5.41) is 9.18. The number of rotatable bonds is 7. The Bertz CT molecular complexity index is 1230. The smallest absolute Gasteiger partial charge is 0.410 e. The van der Waals surface area contributed by atoms with E-state index in [1.54, 1.807) is 34.7 Å². The lowest BCUT2D eigenvalue weighted by atomic mass is 9.89. The van der Waals surface area contributed by atoms with Gasteiger partial charge in [-0.05, 0) is 53.8 Å². The highest BCUT2D eigenvalue weighted by Gasteiger charge is 2.27. The topological polar surface area (TPSA) is 89.0 Å². The summed E-state index contributed by atoms with van der Waals surface area (Å²) in [5.74, 6) is -0.727. The van der Waals surface area contributed by atoms with Crippen molar-refractivity contribution in [2.24, 2.45) is 0 Å². The SMILES string of the molecule is COc1ccc(CC(=O)O)cc1-c1ccc(F)c2c1CN(C(=O)OCCc1scnc1C)CC2. The molecule has 1 amide bonds. The minimum atomic E-state index is -0.945. The fourth-order valence-electron chi connectivity index (χ4n) is 4.18. The Morgan fingerprint density at radius 1 is 1.21 bits per heavy atom. The third-order valence-electron chi connectivity index (χ3n) is 5.92. The first-order valence-corrected chi connectivity index (χ1v) is 11.7. The summed E-state index contributed by atoms with van der Waals surface area (Å²) in [6, 6.07) is 8.20. The molecule has 0 unspecified atom stereocenters. The van der Waals surface area contributed by atoms with Gasteiger partial charge in [-0.3, -0.25) is 4.79 Å². The summed E-state index contributed by atoms with van der Waals surface area (Å²) >= 11 is 1.53. The van der Waals surface area contributed by atoms with Crippen molar-refractivity contribution in [2.75, 3.05) is 20.3 Å². The van der Waals surface area contributed by atoms with Crippen LogP contribution in [-0.2, 0) is 35.3 Å². The van der Waals surface area contributed by atoms with Gasteiger partial charge in [0.15, 0.2) is 0 Å². The number of halogens is 1. The number of carboxylic acid groups (broad SMARTS) is 1. The van der Waals surface area contributed by atoms with Crippen LogP contribution in [0.5, 0.6) is 5.75 Å². The maximum Gasteiger partial charge on any atom is 0.410 e. The van der Waals surface area contributed by atoms with E-state index in [4.69, 9.17) is 9.47 Å². The van der Waals surface area contributed by atoms with Crippen LogP contribution in [0.1, 0.15) is 27.3 Å². The highest BCUT2D eigenvalue weighted by atomic mass is 32.1. The van der Waals surface area contributed by atoms with Crippen molar-refractivity contribution < 1.29 is 28.6 Å². The quantitative estimate of drug-likeness (QED) is 0.526. The van der Waals surface area contributed by atoms with E-state index in [-0.39, 0.29) is 25.4 Å². The lowest BCUT2D eigenvalue weighted by Crippen LogP contribution is -2.37. The van der Waals surface area contributed by atoms with E-state index in [1.807, 2.05) is 6.92 Å². The van der Waals surface area contributed by atoms with Crippen molar-refractivity contribution >= 4 is 23.4 Å². The Kier molecular flexibility index (Phi) is 7.12. The van der Waals surface area contributed by atoms with Gasteiger partial charge in [0.05, 0.1) is 31.3 Å². The van der Waals surface area contributed by atoms with Gasteiger partial charge in [-0.15, -0.1) is 11.3 Å². The summed E-state index contributed by atoms with van der Waals surface area (Å²) in [4.78, 5) is 30.8. The van der Waals surface area contributed by atoms with Crippen molar-refractivity contribution in [3.05, 3.63) is 68.9 Å². The number of thiazole rings is 1. The van der Waals surface area contributed by atoms with Crippen LogP contribution in [0, 0.1) is 12.7 Å². The first kappa shape index (κ1) is 23.7. The van der Waals surface area contributed by atoms with E-state index in [9.17, 15) is 19.1 Å². The van der Waals surface area contributed by atoms with Gasteiger partial charge >= 0.3 is 12.1 Å². The second kappa shape index (κ2) is 10.2. The number of fused-ring (bicyclic) bond motifs is 1. The maximum absolute atomic E-state index is 14.7. The van der Waals surface area contributed by atoms with E-state index in [1.165, 1.54) is 24.5 Å². The number of aromatic nitrogens is 1. The normalized spacial score (nSPS) is 12.9. The van der Waals surface area contributed by atoms with Gasteiger partial charge in [0, 0.05) is 30.0 Å². The van der Waals surface area contributed by atoms with Crippen LogP contribution in [0.3, 0.4) is 0 Å². The van der Waals surface area contributed by atoms with E-state index in [0.29, 0.717) is 53.0 Å². The molecule has 0 radical (unpaired) electrons. The van der Waals surface area contributed by atoms with E-state index >= 15 is 0 Å². The standard InChI is InChI=1S/C25H25FN2O5S/c1-15-23(34-14-27-15)8-10-33-25(31)28-9-7-18-20(13-28)17(4-5-21(18)26)19-11-16(12-24(29)30)3-6-22(19)32-2/h3-6,11,14H,7-10,12-13H2,1-2H3,(H,29,30). The van der Waals surface area contributed by atoms with Crippen molar-refractivity contribution in [2.45, 2.75) is 32.7 Å². The van der Waals surface area contributed by atoms with Gasteiger partial charge in [-0.25, -0.2) is 14.2 Å². The second-order valence-corrected chi connectivity index (χ2v) is 8.99. The van der Waals surface area contributed by atoms with Crippen LogP contribution in [0.2, 0.25) is 0 Å². The van der Waals surface area contributed by atoms with Gasteiger partial charge in [0.1, 0.15) is 11.6 Å². The lowest BCUT2D eigenvalue weighted by Gasteiger charge is -2.30. The van der Waals surface area contributed by atoms with Crippen LogP contribution in [0.25, 0.3) is 11.1 Å². The Hall–Kier alpha value is -3.46. The number of carbonyl (C=O) groups is 2. The summed E-state index contributed by atoms with van der Waals surface area (Å²) in [7, 11) is 1.53. The molecule has 9 heteroatoms. The maximum atomic E-state index is 14.7. The van der Waals surface area contributed by atoms with E-state index in [0.717, 1.165) is 10.6 Å². The number of methoxy groups -OCH3 is 1. The van der Waals surface area contributed by atoms with E-state index < -0.39 is 12.1 Å². The summed E-state index contributed by atoms with van der Waals surface area (Å²) < 4.78 is 25.7. The fraction of sp³-hybridized carbons (Fsp3) is 0.320. The van der Waals surface area contributed by atoms with Gasteiger partial charge < -0.3 is 19.5 Å². The van der Waals surface area contributed by atoms with Gasteiger partial charge in [0.2, 0.25) is 0 Å². The molecule has 0 aliphatic carbocycles. The number of ether oxygens (including phenoxy) is 2. The molecule has 1 aromatic heterocycles. The second-order valence-electron chi connectivity index (χ2n) is 8.05. The number of hydrogen-bond donors (Lipinski definition) is 1. The average molecular weight is 485 g/mol. The Labute approximate surface area is 200 Å². The molecule has 3 aromatic rings. The molecule has 1 aliphatic heterocycles. The predicted molar refractivity (Wildman–Crippen MR) is 126 cm³/mol. The zero-order chi connectivity index (χ0) is 24.2. The fourth-order valence-corrected chi connectivity index (χ4v) is 4.94. The molecule has 178 valence electrons. The molecule has 2 heterocycles. The third kappa shape index (κ3) is 5.04. The Morgan fingerprint density at radius 3 is 2.74 bits per heavy atom. The highest BCUT2D eigenvalue weighted by molar-refractivity contribution is 7.09. The van der Waals surface area contributed by atoms with Gasteiger partial charge in [-0.1, -0.05) is 12.1 Å². The molecule has 0 spiro atoms. The number of aryl methyl sites for hydroxylation is 1. The first-order chi connectivity index (χ1) is 16.4. The van der Waals surface area contributed by atoms with Crippen molar-refractivity contribution in [1.29, 1.82) is 0 Å². The number of hydrogen-bond acceptors (Lipinski definition) is 6. The van der Waals surface area contributed by atoms with Crippen LogP contribution in [-0.4, -0.2) is 47.3 Å². The molecule has 4 rings (SSSR count). The van der Waals surface area contributed by atoms with Gasteiger partial charge in [-0.2, -0.15) is 0 Å². The molecule has 0 bridgehead atoms. The molecule has 0 fully saturated rings. The van der Waals surface area contributed by atoms with Crippen LogP contribution < -0.4 is 4.74 Å². The number of amides is 1. The zero-order valence-electron chi connectivity index (χ0n) is 19.0. The molecule has 0 saturated carbocycles. The molecular formula is C25H25FN2O5S. The average Bonchev–Trinajstić information content (AvgIpc) is 3.23. The first-order valence-electron chi connectivity index (χ1n) is 10.9. The van der Waals surface area contributed by atoms with Crippen molar-refractivity contribution in [3.63, 3.8) is 0 Å². The number of carboxylic acids is 1. The molecular weight excluding hydrogens is 459 g/mol. The zero-order valence-corrected chi connectivity index (χ0v) is 19.8. The highest BCUT2D eigenvalue weighted by Crippen LogP contribution is 2.38. The van der Waals surface area contributed by atoms with Crippen molar-refractivity contribution in [3.8, 4) is 16.9 Å². The monoisotopic (exact) mass is 484 g/mol.